The van der Waals surface area contributed by atoms with Gasteiger partial charge in [0.2, 0.25) is 0 Å². The second-order valence-corrected chi connectivity index (χ2v) is 6.17. The molecule has 1 fully saturated rings. The Morgan fingerprint density at radius 2 is 1.70 bits per heavy atom. The molecule has 1 aliphatic rings. The normalized spacial score (nSPS) is 17.8. The van der Waals surface area contributed by atoms with E-state index in [1.54, 1.807) is 20.8 Å². The standard InChI is InChI=1S/C12H19F2NO4S/c1-11(2,3)19-10(17)15-6-4-8(5-7-15)18-9(16)12(13,14)20/h8,20H,4-7H2,1-3H3. The van der Waals surface area contributed by atoms with Crippen LogP contribution in [0.25, 0.3) is 0 Å². The number of amides is 1. The lowest BCUT2D eigenvalue weighted by Crippen LogP contribution is -2.44. The number of likely N-dealkylation sites (tertiary alicyclic amines) is 1. The largest absolute Gasteiger partial charge is 0.457 e. The van der Waals surface area contributed by atoms with Crippen molar-refractivity contribution in [3.8, 4) is 0 Å². The lowest BCUT2D eigenvalue weighted by Gasteiger charge is -2.33. The SMILES string of the molecule is CC(C)(C)OC(=O)N1CCC(OC(=O)C(F)(F)S)CC1. The Labute approximate surface area is 122 Å². The number of hydrogen-bond acceptors (Lipinski definition) is 5. The minimum atomic E-state index is -3.79. The molecule has 116 valence electrons. The van der Waals surface area contributed by atoms with Crippen molar-refractivity contribution in [3.05, 3.63) is 0 Å². The van der Waals surface area contributed by atoms with Crippen LogP contribution in [0.5, 0.6) is 0 Å². The van der Waals surface area contributed by atoms with Gasteiger partial charge in [-0.05, 0) is 20.8 Å². The average Bonchev–Trinajstić information content (AvgIpc) is 2.26. The number of hydrogen-bond donors (Lipinski definition) is 1. The molecule has 0 aromatic rings. The molecule has 0 bridgehead atoms. The summed E-state index contributed by atoms with van der Waals surface area (Å²) in [4.78, 5) is 24.2. The number of rotatable bonds is 2. The summed E-state index contributed by atoms with van der Waals surface area (Å²) in [6.07, 6.45) is -0.482. The third-order valence-corrected chi connectivity index (χ3v) is 2.80. The molecule has 1 aliphatic heterocycles. The van der Waals surface area contributed by atoms with Crippen molar-refractivity contribution in [2.45, 2.75) is 50.6 Å². The summed E-state index contributed by atoms with van der Waals surface area (Å²) in [7, 11) is 0. The molecular formula is C12H19F2NO4S. The lowest BCUT2D eigenvalue weighted by molar-refractivity contribution is -0.167. The first-order chi connectivity index (χ1) is 8.99. The number of carbonyl (C=O) groups is 2. The number of nitrogens with zero attached hydrogens (tertiary/aromatic N) is 1. The maximum Gasteiger partial charge on any atom is 0.410 e. The predicted molar refractivity (Wildman–Crippen MR) is 70.9 cm³/mol. The molecule has 1 amide bonds. The highest BCUT2D eigenvalue weighted by atomic mass is 32.1. The molecule has 0 atom stereocenters. The van der Waals surface area contributed by atoms with Gasteiger partial charge in [-0.15, -0.1) is 0 Å². The van der Waals surface area contributed by atoms with Crippen LogP contribution >= 0.6 is 12.6 Å². The highest BCUT2D eigenvalue weighted by molar-refractivity contribution is 7.82. The topological polar surface area (TPSA) is 55.8 Å². The van der Waals surface area contributed by atoms with Crippen molar-refractivity contribution >= 4 is 24.7 Å². The maximum atomic E-state index is 12.6. The quantitative estimate of drug-likeness (QED) is 0.629. The van der Waals surface area contributed by atoms with Crippen LogP contribution in [0.2, 0.25) is 0 Å². The summed E-state index contributed by atoms with van der Waals surface area (Å²) in [5, 5.41) is -3.79. The molecule has 20 heavy (non-hydrogen) atoms. The van der Waals surface area contributed by atoms with Gasteiger partial charge in [-0.2, -0.15) is 8.78 Å². The van der Waals surface area contributed by atoms with E-state index in [4.69, 9.17) is 4.74 Å². The van der Waals surface area contributed by atoms with E-state index in [9.17, 15) is 18.4 Å². The molecule has 0 aliphatic carbocycles. The fraction of sp³-hybridized carbons (Fsp3) is 0.833. The van der Waals surface area contributed by atoms with Crippen LogP contribution in [0.4, 0.5) is 13.6 Å². The number of thiol groups is 1. The van der Waals surface area contributed by atoms with Gasteiger partial charge in [0.05, 0.1) is 0 Å². The van der Waals surface area contributed by atoms with Gasteiger partial charge < -0.3 is 14.4 Å². The number of esters is 1. The van der Waals surface area contributed by atoms with E-state index in [-0.39, 0.29) is 0 Å². The Morgan fingerprint density at radius 3 is 2.10 bits per heavy atom. The fourth-order valence-corrected chi connectivity index (χ4v) is 1.76. The van der Waals surface area contributed by atoms with Crippen molar-refractivity contribution < 1.29 is 27.8 Å². The van der Waals surface area contributed by atoms with E-state index in [1.807, 2.05) is 0 Å². The zero-order valence-corrected chi connectivity index (χ0v) is 12.6. The number of carbonyl (C=O) groups excluding carboxylic acids is 2. The van der Waals surface area contributed by atoms with Crippen molar-refractivity contribution in [2.24, 2.45) is 0 Å². The summed E-state index contributed by atoms with van der Waals surface area (Å²) in [5.41, 5.74) is -0.589. The van der Waals surface area contributed by atoms with Gasteiger partial charge >= 0.3 is 17.3 Å². The average molecular weight is 311 g/mol. The molecule has 5 nitrogen and oxygen atoms in total. The van der Waals surface area contributed by atoms with Gasteiger partial charge in [-0.25, -0.2) is 9.59 Å². The van der Waals surface area contributed by atoms with Crippen LogP contribution < -0.4 is 0 Å². The predicted octanol–water partition coefficient (Wildman–Crippen LogP) is 2.45. The van der Waals surface area contributed by atoms with Gasteiger partial charge in [-0.3, -0.25) is 0 Å². The molecule has 1 heterocycles. The first-order valence-electron chi connectivity index (χ1n) is 6.28. The Morgan fingerprint density at radius 1 is 1.20 bits per heavy atom. The summed E-state index contributed by atoms with van der Waals surface area (Å²) in [5.74, 6) is -1.66. The molecule has 0 saturated carbocycles. The van der Waals surface area contributed by atoms with Crippen LogP contribution in [-0.2, 0) is 14.3 Å². The van der Waals surface area contributed by atoms with E-state index < -0.39 is 29.0 Å². The van der Waals surface area contributed by atoms with E-state index in [0.717, 1.165) is 0 Å². The summed E-state index contributed by atoms with van der Waals surface area (Å²) in [6, 6.07) is 0. The lowest BCUT2D eigenvalue weighted by atomic mass is 10.1. The number of alkyl halides is 2. The molecule has 0 spiro atoms. The Bertz CT molecular complexity index is 371. The fourth-order valence-electron chi connectivity index (χ4n) is 1.70. The maximum absolute atomic E-state index is 12.6. The van der Waals surface area contributed by atoms with Gasteiger partial charge in [0.15, 0.2) is 0 Å². The van der Waals surface area contributed by atoms with Gasteiger partial charge in [-0.1, -0.05) is 12.6 Å². The van der Waals surface area contributed by atoms with E-state index in [1.165, 1.54) is 4.90 Å². The van der Waals surface area contributed by atoms with Crippen LogP contribution in [0.1, 0.15) is 33.6 Å². The highest BCUT2D eigenvalue weighted by Crippen LogP contribution is 2.23. The number of halogens is 2. The summed E-state index contributed by atoms with van der Waals surface area (Å²) < 4.78 is 35.0. The summed E-state index contributed by atoms with van der Waals surface area (Å²) >= 11 is 2.85. The zero-order chi connectivity index (χ0) is 15.6. The molecule has 0 aromatic carbocycles. The van der Waals surface area contributed by atoms with Gasteiger partial charge in [0.25, 0.3) is 0 Å². The third kappa shape index (κ3) is 5.52. The van der Waals surface area contributed by atoms with Crippen molar-refractivity contribution in [1.29, 1.82) is 0 Å². The Balaban J connectivity index is 2.41. The third-order valence-electron chi connectivity index (χ3n) is 2.61. The minimum Gasteiger partial charge on any atom is -0.457 e. The smallest absolute Gasteiger partial charge is 0.410 e. The van der Waals surface area contributed by atoms with Crippen LogP contribution in [-0.4, -0.2) is 47.0 Å². The minimum absolute atomic E-state index is 0.297. The molecule has 0 N–H and O–H groups in total. The van der Waals surface area contributed by atoms with Crippen molar-refractivity contribution in [3.63, 3.8) is 0 Å². The molecular weight excluding hydrogens is 292 g/mol. The second-order valence-electron chi connectivity index (χ2n) is 5.61. The van der Waals surface area contributed by atoms with Crippen LogP contribution in [0, 0.1) is 0 Å². The van der Waals surface area contributed by atoms with Crippen LogP contribution in [0.3, 0.4) is 0 Å². The molecule has 1 rings (SSSR count). The molecule has 8 heteroatoms. The summed E-state index contributed by atoms with van der Waals surface area (Å²) in [6.45, 7) is 5.87. The monoisotopic (exact) mass is 311 g/mol. The van der Waals surface area contributed by atoms with Crippen molar-refractivity contribution in [2.75, 3.05) is 13.1 Å². The van der Waals surface area contributed by atoms with E-state index >= 15 is 0 Å². The first kappa shape index (κ1) is 17.0. The van der Waals surface area contributed by atoms with Crippen LogP contribution in [0.15, 0.2) is 0 Å². The Hall–Kier alpha value is -1.05. The van der Waals surface area contributed by atoms with E-state index in [0.29, 0.717) is 25.9 Å². The number of piperidine rings is 1. The Kier molecular flexibility index (Phi) is 5.23. The molecule has 1 saturated heterocycles. The molecule has 0 unspecified atom stereocenters. The van der Waals surface area contributed by atoms with E-state index in [2.05, 4.69) is 17.4 Å². The first-order valence-corrected chi connectivity index (χ1v) is 6.73. The number of ether oxygens (including phenoxy) is 2. The van der Waals surface area contributed by atoms with Gasteiger partial charge in [0, 0.05) is 25.9 Å². The highest BCUT2D eigenvalue weighted by Gasteiger charge is 2.38. The molecule has 0 aromatic heterocycles. The molecule has 0 radical (unpaired) electrons. The second kappa shape index (κ2) is 6.15. The van der Waals surface area contributed by atoms with Crippen molar-refractivity contribution in [1.82, 2.24) is 4.90 Å². The van der Waals surface area contributed by atoms with Gasteiger partial charge in [0.1, 0.15) is 11.7 Å². The zero-order valence-electron chi connectivity index (χ0n) is 11.7.